The summed E-state index contributed by atoms with van der Waals surface area (Å²) in [6.07, 6.45) is 7.96. The van der Waals surface area contributed by atoms with E-state index in [9.17, 15) is 0 Å². The zero-order valence-corrected chi connectivity index (χ0v) is 10.1. The van der Waals surface area contributed by atoms with Crippen LogP contribution in [0.4, 0.5) is 0 Å². The molecule has 0 bridgehead atoms. The van der Waals surface area contributed by atoms with Gasteiger partial charge in [-0.3, -0.25) is 0 Å². The fourth-order valence-corrected chi connectivity index (χ4v) is 2.89. The van der Waals surface area contributed by atoms with E-state index in [1.807, 2.05) is 18.4 Å². The first kappa shape index (κ1) is 10.8. The molecule has 2 aromatic rings. The molecule has 1 aromatic heterocycles. The zero-order chi connectivity index (χ0) is 11.7. The number of rotatable bonds is 2. The Hall–Kier alpha value is -1.28. The molecule has 2 nitrogen and oxygen atoms in total. The molecule has 2 heteroatoms. The van der Waals surface area contributed by atoms with Crippen molar-refractivity contribution in [2.24, 2.45) is 11.7 Å². The van der Waals surface area contributed by atoms with E-state index in [4.69, 9.17) is 10.2 Å². The quantitative estimate of drug-likeness (QED) is 0.856. The van der Waals surface area contributed by atoms with Crippen molar-refractivity contribution >= 4 is 11.0 Å². The van der Waals surface area contributed by atoms with Gasteiger partial charge in [-0.1, -0.05) is 18.2 Å². The van der Waals surface area contributed by atoms with Gasteiger partial charge >= 0.3 is 0 Å². The maximum absolute atomic E-state index is 5.94. The second kappa shape index (κ2) is 4.53. The summed E-state index contributed by atoms with van der Waals surface area (Å²) < 4.78 is 5.59. The Bertz CT molecular complexity index is 494. The van der Waals surface area contributed by atoms with Crippen LogP contribution >= 0.6 is 0 Å². The lowest BCUT2D eigenvalue weighted by molar-refractivity contribution is 0.325. The molecule has 1 saturated carbocycles. The third-order valence-electron chi connectivity index (χ3n) is 3.96. The molecule has 0 amide bonds. The summed E-state index contributed by atoms with van der Waals surface area (Å²) in [5.74, 6) is 0.788. The summed E-state index contributed by atoms with van der Waals surface area (Å²) in [5, 5.41) is 1.28. The molecule has 1 fully saturated rings. The lowest BCUT2D eigenvalue weighted by Gasteiger charge is -2.25. The number of fused-ring (bicyclic) bond motifs is 1. The molecule has 0 spiro atoms. The van der Waals surface area contributed by atoms with Gasteiger partial charge in [0.15, 0.2) is 0 Å². The minimum absolute atomic E-state index is 0.437. The van der Waals surface area contributed by atoms with Crippen molar-refractivity contribution in [1.29, 1.82) is 0 Å². The number of furan rings is 1. The first-order valence-electron chi connectivity index (χ1n) is 6.53. The van der Waals surface area contributed by atoms with Crippen LogP contribution in [0, 0.1) is 5.92 Å². The van der Waals surface area contributed by atoms with Crippen molar-refractivity contribution in [2.75, 3.05) is 0 Å². The second-order valence-corrected chi connectivity index (χ2v) is 5.24. The number of hydrogen-bond donors (Lipinski definition) is 1. The molecular formula is C15H19NO. The standard InChI is InChI=1S/C15H19NO/c16-13-7-5-11(6-8-13)9-12-10-17-15-4-2-1-3-14(12)15/h1-4,10-11,13H,5-9,16H2. The fourth-order valence-electron chi connectivity index (χ4n) is 2.89. The molecule has 0 unspecified atom stereocenters. The Morgan fingerprint density at radius 1 is 1.12 bits per heavy atom. The van der Waals surface area contributed by atoms with Crippen molar-refractivity contribution in [3.8, 4) is 0 Å². The average molecular weight is 229 g/mol. The van der Waals surface area contributed by atoms with Gasteiger partial charge in [-0.2, -0.15) is 0 Å². The van der Waals surface area contributed by atoms with E-state index < -0.39 is 0 Å². The third-order valence-corrected chi connectivity index (χ3v) is 3.96. The SMILES string of the molecule is NC1CCC(Cc2coc3ccccc23)CC1. The highest BCUT2D eigenvalue weighted by Gasteiger charge is 2.20. The van der Waals surface area contributed by atoms with Gasteiger partial charge in [0.1, 0.15) is 5.58 Å². The van der Waals surface area contributed by atoms with Gasteiger partial charge in [0, 0.05) is 11.4 Å². The van der Waals surface area contributed by atoms with Gasteiger partial charge in [-0.05, 0) is 49.7 Å². The monoisotopic (exact) mass is 229 g/mol. The molecule has 0 aliphatic heterocycles. The van der Waals surface area contributed by atoms with Gasteiger partial charge in [0.2, 0.25) is 0 Å². The predicted octanol–water partition coefficient (Wildman–Crippen LogP) is 3.49. The molecule has 1 aliphatic rings. The Labute approximate surface area is 102 Å². The number of benzene rings is 1. The molecular weight excluding hydrogens is 210 g/mol. The predicted molar refractivity (Wildman–Crippen MR) is 69.9 cm³/mol. The Morgan fingerprint density at radius 3 is 2.71 bits per heavy atom. The van der Waals surface area contributed by atoms with E-state index in [1.165, 1.54) is 36.6 Å². The van der Waals surface area contributed by atoms with Gasteiger partial charge in [-0.15, -0.1) is 0 Å². The van der Waals surface area contributed by atoms with Gasteiger partial charge < -0.3 is 10.2 Å². The summed E-state index contributed by atoms with van der Waals surface area (Å²) >= 11 is 0. The molecule has 0 saturated heterocycles. The van der Waals surface area contributed by atoms with Crippen molar-refractivity contribution in [3.05, 3.63) is 36.1 Å². The summed E-state index contributed by atoms with van der Waals surface area (Å²) in [6, 6.07) is 8.73. The Kier molecular flexibility index (Phi) is 2.89. The first-order chi connectivity index (χ1) is 8.33. The molecule has 90 valence electrons. The first-order valence-corrected chi connectivity index (χ1v) is 6.53. The zero-order valence-electron chi connectivity index (χ0n) is 10.1. The van der Waals surface area contributed by atoms with Crippen LogP contribution in [0.3, 0.4) is 0 Å². The Morgan fingerprint density at radius 2 is 1.88 bits per heavy atom. The van der Waals surface area contributed by atoms with Crippen molar-refractivity contribution < 1.29 is 4.42 Å². The van der Waals surface area contributed by atoms with E-state index in [2.05, 4.69) is 12.1 Å². The van der Waals surface area contributed by atoms with Crippen LogP contribution < -0.4 is 5.73 Å². The normalized spacial score (nSPS) is 25.2. The van der Waals surface area contributed by atoms with Crippen LogP contribution in [0.15, 0.2) is 34.9 Å². The van der Waals surface area contributed by atoms with Crippen molar-refractivity contribution in [3.63, 3.8) is 0 Å². The van der Waals surface area contributed by atoms with E-state index in [0.29, 0.717) is 6.04 Å². The van der Waals surface area contributed by atoms with E-state index in [-0.39, 0.29) is 0 Å². The maximum Gasteiger partial charge on any atom is 0.134 e. The van der Waals surface area contributed by atoms with Crippen molar-refractivity contribution in [2.45, 2.75) is 38.1 Å². The molecule has 2 N–H and O–H groups in total. The molecule has 3 rings (SSSR count). The van der Waals surface area contributed by atoms with Crippen LogP contribution in [0.2, 0.25) is 0 Å². The summed E-state index contributed by atoms with van der Waals surface area (Å²) in [5.41, 5.74) is 8.31. The largest absolute Gasteiger partial charge is 0.464 e. The summed E-state index contributed by atoms with van der Waals surface area (Å²) in [6.45, 7) is 0. The van der Waals surface area contributed by atoms with Crippen LogP contribution in [-0.2, 0) is 6.42 Å². The van der Waals surface area contributed by atoms with E-state index in [1.54, 1.807) is 0 Å². The third kappa shape index (κ3) is 2.22. The highest BCUT2D eigenvalue weighted by atomic mass is 16.3. The van der Waals surface area contributed by atoms with E-state index in [0.717, 1.165) is 17.9 Å². The molecule has 0 atom stereocenters. The molecule has 0 radical (unpaired) electrons. The lowest BCUT2D eigenvalue weighted by atomic mass is 9.83. The van der Waals surface area contributed by atoms with Gasteiger partial charge in [0.05, 0.1) is 6.26 Å². The Balaban J connectivity index is 1.76. The smallest absolute Gasteiger partial charge is 0.134 e. The maximum atomic E-state index is 5.94. The molecule has 17 heavy (non-hydrogen) atoms. The molecule has 1 aliphatic carbocycles. The van der Waals surface area contributed by atoms with Crippen molar-refractivity contribution in [1.82, 2.24) is 0 Å². The molecule has 1 heterocycles. The lowest BCUT2D eigenvalue weighted by Crippen LogP contribution is -2.27. The summed E-state index contributed by atoms with van der Waals surface area (Å²) in [7, 11) is 0. The van der Waals surface area contributed by atoms with E-state index >= 15 is 0 Å². The number of nitrogens with two attached hydrogens (primary N) is 1. The molecule has 1 aromatic carbocycles. The van der Waals surface area contributed by atoms with Gasteiger partial charge in [0.25, 0.3) is 0 Å². The van der Waals surface area contributed by atoms with Crippen LogP contribution in [0.25, 0.3) is 11.0 Å². The van der Waals surface area contributed by atoms with Crippen LogP contribution in [0.1, 0.15) is 31.2 Å². The average Bonchev–Trinajstić information content (AvgIpc) is 2.76. The van der Waals surface area contributed by atoms with Gasteiger partial charge in [-0.25, -0.2) is 0 Å². The highest BCUT2D eigenvalue weighted by Crippen LogP contribution is 2.30. The van der Waals surface area contributed by atoms with Crippen LogP contribution in [0.5, 0.6) is 0 Å². The van der Waals surface area contributed by atoms with Crippen LogP contribution in [-0.4, -0.2) is 6.04 Å². The topological polar surface area (TPSA) is 39.2 Å². The fraction of sp³-hybridized carbons (Fsp3) is 0.467. The summed E-state index contributed by atoms with van der Waals surface area (Å²) in [4.78, 5) is 0. The number of hydrogen-bond acceptors (Lipinski definition) is 2. The minimum Gasteiger partial charge on any atom is -0.464 e. The second-order valence-electron chi connectivity index (χ2n) is 5.24. The highest BCUT2D eigenvalue weighted by molar-refractivity contribution is 5.80. The number of para-hydroxylation sites is 1. The minimum atomic E-state index is 0.437.